The number of non-ortho nitro benzene ring substituents is 1. The molecular weight excluding hydrogens is 272 g/mol. The Kier molecular flexibility index (Phi) is 4.13. The van der Waals surface area contributed by atoms with Gasteiger partial charge in [-0.25, -0.2) is 0 Å². The topological polar surface area (TPSA) is 92.7 Å². The van der Waals surface area contributed by atoms with Gasteiger partial charge in [-0.3, -0.25) is 19.8 Å². The number of anilines is 1. The molecule has 2 rings (SSSR count). The molecule has 0 unspecified atom stereocenters. The van der Waals surface area contributed by atoms with Gasteiger partial charge in [0.1, 0.15) is 0 Å². The minimum absolute atomic E-state index is 0.0900. The first-order valence-corrected chi connectivity index (χ1v) is 6.87. The highest BCUT2D eigenvalue weighted by molar-refractivity contribution is 5.83. The van der Waals surface area contributed by atoms with Crippen molar-refractivity contribution in [2.75, 3.05) is 31.1 Å². The number of benzene rings is 1. The van der Waals surface area contributed by atoms with Gasteiger partial charge < -0.3 is 10.6 Å². The molecule has 0 atom stereocenters. The maximum Gasteiger partial charge on any atom is 0.269 e. The monoisotopic (exact) mass is 292 g/mol. The fourth-order valence-corrected chi connectivity index (χ4v) is 2.46. The Morgan fingerprint density at radius 1 is 1.19 bits per heavy atom. The number of carbonyl (C=O) groups excluding carboxylic acids is 1. The summed E-state index contributed by atoms with van der Waals surface area (Å²) in [6.07, 6.45) is 0. The SMILES string of the molecule is CC(C)(C(N)=O)N1CCN(c2ccc([N+](=O)[O-])cc2)CC1. The molecule has 0 radical (unpaired) electrons. The molecule has 0 aromatic heterocycles. The second-order valence-electron chi connectivity index (χ2n) is 5.67. The summed E-state index contributed by atoms with van der Waals surface area (Å²) >= 11 is 0. The Hall–Kier alpha value is -2.15. The Morgan fingerprint density at radius 3 is 2.14 bits per heavy atom. The Morgan fingerprint density at radius 2 is 1.71 bits per heavy atom. The van der Waals surface area contributed by atoms with Gasteiger partial charge in [0.25, 0.3) is 5.69 Å². The minimum Gasteiger partial charge on any atom is -0.369 e. The molecule has 1 aromatic rings. The molecule has 0 bridgehead atoms. The summed E-state index contributed by atoms with van der Waals surface area (Å²) in [5.74, 6) is -0.328. The molecule has 1 aromatic carbocycles. The molecule has 114 valence electrons. The molecule has 7 heteroatoms. The minimum atomic E-state index is -0.651. The van der Waals surface area contributed by atoms with E-state index in [4.69, 9.17) is 5.73 Å². The zero-order chi connectivity index (χ0) is 15.6. The van der Waals surface area contributed by atoms with Gasteiger partial charge >= 0.3 is 0 Å². The standard InChI is InChI=1S/C14H20N4O3/c1-14(2,13(15)19)17-9-7-16(8-10-17)11-3-5-12(6-4-11)18(20)21/h3-6H,7-10H2,1-2H3,(H2,15,19). The van der Waals surface area contributed by atoms with Crippen molar-refractivity contribution in [3.8, 4) is 0 Å². The number of nitro groups is 1. The molecule has 1 fully saturated rings. The van der Waals surface area contributed by atoms with Gasteiger partial charge in [0, 0.05) is 44.0 Å². The number of rotatable bonds is 4. The zero-order valence-electron chi connectivity index (χ0n) is 12.3. The smallest absolute Gasteiger partial charge is 0.269 e. The van der Waals surface area contributed by atoms with E-state index in [-0.39, 0.29) is 11.6 Å². The first-order valence-electron chi connectivity index (χ1n) is 6.87. The van der Waals surface area contributed by atoms with E-state index >= 15 is 0 Å². The van der Waals surface area contributed by atoms with Crippen molar-refractivity contribution >= 4 is 17.3 Å². The molecule has 0 aliphatic carbocycles. The second-order valence-corrected chi connectivity index (χ2v) is 5.67. The lowest BCUT2D eigenvalue weighted by molar-refractivity contribution is -0.384. The van der Waals surface area contributed by atoms with Crippen LogP contribution in [0, 0.1) is 10.1 Å². The van der Waals surface area contributed by atoms with Crippen molar-refractivity contribution in [1.29, 1.82) is 0 Å². The largest absolute Gasteiger partial charge is 0.369 e. The molecule has 1 amide bonds. The van der Waals surface area contributed by atoms with Crippen LogP contribution in [0.25, 0.3) is 0 Å². The highest BCUT2D eigenvalue weighted by atomic mass is 16.6. The van der Waals surface area contributed by atoms with E-state index in [0.29, 0.717) is 0 Å². The molecule has 7 nitrogen and oxygen atoms in total. The van der Waals surface area contributed by atoms with Crippen molar-refractivity contribution < 1.29 is 9.72 Å². The van der Waals surface area contributed by atoms with Gasteiger partial charge in [0.05, 0.1) is 10.5 Å². The summed E-state index contributed by atoms with van der Waals surface area (Å²) in [6, 6.07) is 6.53. The average molecular weight is 292 g/mol. The van der Waals surface area contributed by atoms with E-state index in [0.717, 1.165) is 31.9 Å². The molecule has 1 aliphatic rings. The van der Waals surface area contributed by atoms with E-state index in [1.54, 1.807) is 12.1 Å². The summed E-state index contributed by atoms with van der Waals surface area (Å²) in [7, 11) is 0. The molecule has 0 saturated carbocycles. The number of nitrogens with zero attached hydrogens (tertiary/aromatic N) is 3. The van der Waals surface area contributed by atoms with Crippen LogP contribution in [0.4, 0.5) is 11.4 Å². The summed E-state index contributed by atoms with van der Waals surface area (Å²) < 4.78 is 0. The van der Waals surface area contributed by atoms with Crippen LogP contribution in [0.2, 0.25) is 0 Å². The van der Waals surface area contributed by atoms with E-state index in [1.807, 2.05) is 13.8 Å². The van der Waals surface area contributed by atoms with Crippen molar-refractivity contribution in [2.45, 2.75) is 19.4 Å². The third-order valence-electron chi connectivity index (χ3n) is 4.10. The molecule has 21 heavy (non-hydrogen) atoms. The lowest BCUT2D eigenvalue weighted by atomic mass is 10.0. The van der Waals surface area contributed by atoms with Gasteiger partial charge in [0.2, 0.25) is 5.91 Å². The number of primary amides is 1. The fraction of sp³-hybridized carbons (Fsp3) is 0.500. The number of nitrogens with two attached hydrogens (primary N) is 1. The maximum atomic E-state index is 11.5. The normalized spacial score (nSPS) is 16.8. The predicted octanol–water partition coefficient (Wildman–Crippen LogP) is 0.981. The molecule has 1 aliphatic heterocycles. The van der Waals surface area contributed by atoms with E-state index in [2.05, 4.69) is 9.80 Å². The van der Waals surface area contributed by atoms with E-state index in [9.17, 15) is 14.9 Å². The van der Waals surface area contributed by atoms with Crippen LogP contribution in [0.15, 0.2) is 24.3 Å². The molecule has 1 heterocycles. The van der Waals surface area contributed by atoms with Gasteiger partial charge in [-0.1, -0.05) is 0 Å². The van der Waals surface area contributed by atoms with Gasteiger partial charge in [-0.2, -0.15) is 0 Å². The summed E-state index contributed by atoms with van der Waals surface area (Å²) in [4.78, 5) is 25.9. The third kappa shape index (κ3) is 3.13. The molecule has 2 N–H and O–H groups in total. The van der Waals surface area contributed by atoms with Gasteiger partial charge in [-0.05, 0) is 26.0 Å². The number of piperazine rings is 1. The molecule has 1 saturated heterocycles. The van der Waals surface area contributed by atoms with Crippen LogP contribution in [-0.4, -0.2) is 47.4 Å². The van der Waals surface area contributed by atoms with E-state index < -0.39 is 10.5 Å². The number of hydrogen-bond donors (Lipinski definition) is 1. The molecule has 0 spiro atoms. The number of nitro benzene ring substituents is 1. The summed E-state index contributed by atoms with van der Waals surface area (Å²) in [6.45, 7) is 6.64. The average Bonchev–Trinajstić information content (AvgIpc) is 2.47. The summed E-state index contributed by atoms with van der Waals surface area (Å²) in [5.41, 5.74) is 5.83. The van der Waals surface area contributed by atoms with Crippen LogP contribution in [0.5, 0.6) is 0 Å². The molecular formula is C14H20N4O3. The number of amides is 1. The van der Waals surface area contributed by atoms with Crippen LogP contribution in [0.1, 0.15) is 13.8 Å². The first kappa shape index (κ1) is 15.2. The Balaban J connectivity index is 2.01. The Labute approximate surface area is 123 Å². The third-order valence-corrected chi connectivity index (χ3v) is 4.10. The van der Waals surface area contributed by atoms with Crippen LogP contribution in [0.3, 0.4) is 0 Å². The van der Waals surface area contributed by atoms with Crippen LogP contribution in [-0.2, 0) is 4.79 Å². The van der Waals surface area contributed by atoms with Crippen LogP contribution >= 0.6 is 0 Å². The highest BCUT2D eigenvalue weighted by Crippen LogP contribution is 2.23. The number of hydrogen-bond acceptors (Lipinski definition) is 5. The number of carbonyl (C=O) groups is 1. The van der Waals surface area contributed by atoms with Crippen molar-refractivity contribution in [3.05, 3.63) is 34.4 Å². The van der Waals surface area contributed by atoms with Crippen molar-refractivity contribution in [2.24, 2.45) is 5.73 Å². The second kappa shape index (κ2) is 5.69. The Bertz CT molecular complexity index is 534. The lowest BCUT2D eigenvalue weighted by Crippen LogP contribution is -2.59. The van der Waals surface area contributed by atoms with Crippen LogP contribution < -0.4 is 10.6 Å². The van der Waals surface area contributed by atoms with E-state index in [1.165, 1.54) is 12.1 Å². The van der Waals surface area contributed by atoms with Crippen molar-refractivity contribution in [1.82, 2.24) is 4.90 Å². The maximum absolute atomic E-state index is 11.5. The lowest BCUT2D eigenvalue weighted by Gasteiger charge is -2.43. The predicted molar refractivity (Wildman–Crippen MR) is 80.2 cm³/mol. The highest BCUT2D eigenvalue weighted by Gasteiger charge is 2.34. The van der Waals surface area contributed by atoms with Gasteiger partial charge in [0.15, 0.2) is 0 Å². The van der Waals surface area contributed by atoms with Crippen molar-refractivity contribution in [3.63, 3.8) is 0 Å². The first-order chi connectivity index (χ1) is 9.82. The fourth-order valence-electron chi connectivity index (χ4n) is 2.46. The quantitative estimate of drug-likeness (QED) is 0.659. The summed E-state index contributed by atoms with van der Waals surface area (Å²) in [5, 5.41) is 10.6. The van der Waals surface area contributed by atoms with Gasteiger partial charge in [-0.15, -0.1) is 0 Å². The zero-order valence-corrected chi connectivity index (χ0v) is 12.3.